The number of unbranched alkanes of at least 4 members (excludes halogenated alkanes) is 1. The summed E-state index contributed by atoms with van der Waals surface area (Å²) >= 11 is 0. The van der Waals surface area contributed by atoms with Gasteiger partial charge in [0.15, 0.2) is 5.96 Å². The highest BCUT2D eigenvalue weighted by Gasteiger charge is 2.05. The molecule has 0 fully saturated rings. The minimum Gasteiger partial charge on any atom is -0.382 e. The maximum absolute atomic E-state index is 5.48. The van der Waals surface area contributed by atoms with Crippen molar-refractivity contribution in [3.63, 3.8) is 0 Å². The normalized spacial score (nSPS) is 11.9. The van der Waals surface area contributed by atoms with Crippen molar-refractivity contribution in [1.82, 2.24) is 20.2 Å². The number of benzene rings is 1. The zero-order valence-electron chi connectivity index (χ0n) is 17.5. The van der Waals surface area contributed by atoms with Gasteiger partial charge in [-0.1, -0.05) is 12.1 Å². The van der Waals surface area contributed by atoms with E-state index in [1.165, 1.54) is 5.52 Å². The number of ether oxygens (including phenoxy) is 2. The second kappa shape index (κ2) is 13.1. The van der Waals surface area contributed by atoms with Gasteiger partial charge in [0.05, 0.1) is 24.2 Å². The number of methoxy groups -OCH3 is 1. The van der Waals surface area contributed by atoms with Gasteiger partial charge in [0.25, 0.3) is 0 Å². The lowest BCUT2D eigenvalue weighted by Gasteiger charge is -2.11. The highest BCUT2D eigenvalue weighted by atomic mass is 16.5. The fourth-order valence-electron chi connectivity index (χ4n) is 3.02. The zero-order valence-corrected chi connectivity index (χ0v) is 17.5. The van der Waals surface area contributed by atoms with Crippen LogP contribution in [-0.4, -0.2) is 62.1 Å². The molecule has 1 aromatic heterocycles. The molecule has 0 amide bonds. The number of fused-ring (bicyclic) bond motifs is 1. The minimum absolute atomic E-state index is 0.657. The Morgan fingerprint density at radius 2 is 1.96 bits per heavy atom. The van der Waals surface area contributed by atoms with E-state index in [1.807, 2.05) is 6.07 Å². The first-order valence-corrected chi connectivity index (χ1v) is 10.3. The number of aromatic nitrogens is 2. The van der Waals surface area contributed by atoms with Gasteiger partial charge in [0, 0.05) is 39.9 Å². The molecular weight excluding hydrogens is 354 g/mol. The lowest BCUT2D eigenvalue weighted by molar-refractivity contribution is 0.0689. The first-order valence-electron chi connectivity index (χ1n) is 10.3. The van der Waals surface area contributed by atoms with E-state index in [2.05, 4.69) is 52.2 Å². The molecule has 1 aromatic carbocycles. The Bertz CT molecular complexity index is 714. The molecule has 28 heavy (non-hydrogen) atoms. The molecule has 7 heteroatoms. The number of guanidine groups is 1. The Labute approximate surface area is 168 Å². The van der Waals surface area contributed by atoms with Crippen LogP contribution in [-0.2, 0) is 16.0 Å². The Hall–Kier alpha value is -2.12. The van der Waals surface area contributed by atoms with Crippen LogP contribution in [0.2, 0.25) is 0 Å². The third-order valence-corrected chi connectivity index (χ3v) is 4.44. The van der Waals surface area contributed by atoms with Crippen molar-refractivity contribution in [1.29, 1.82) is 0 Å². The summed E-state index contributed by atoms with van der Waals surface area (Å²) in [5.41, 5.74) is 2.26. The molecule has 0 aliphatic heterocycles. The van der Waals surface area contributed by atoms with Crippen molar-refractivity contribution < 1.29 is 9.47 Å². The van der Waals surface area contributed by atoms with E-state index in [9.17, 15) is 0 Å². The van der Waals surface area contributed by atoms with Gasteiger partial charge in [0.1, 0.15) is 5.82 Å². The lowest BCUT2D eigenvalue weighted by Crippen LogP contribution is -2.38. The van der Waals surface area contributed by atoms with Crippen molar-refractivity contribution in [3.05, 3.63) is 30.1 Å². The molecule has 0 saturated carbocycles. The second-order valence-corrected chi connectivity index (χ2v) is 6.65. The van der Waals surface area contributed by atoms with Gasteiger partial charge in [-0.25, -0.2) is 4.98 Å². The highest BCUT2D eigenvalue weighted by Crippen LogP contribution is 2.15. The molecular formula is C21H35N5O2. The first-order chi connectivity index (χ1) is 13.8. The van der Waals surface area contributed by atoms with Crippen molar-refractivity contribution in [2.75, 3.05) is 46.6 Å². The molecule has 2 rings (SSSR count). The van der Waals surface area contributed by atoms with E-state index in [0.29, 0.717) is 13.2 Å². The molecule has 0 radical (unpaired) electrons. The number of aryl methyl sites for hydroxylation is 2. The zero-order chi connectivity index (χ0) is 20.0. The van der Waals surface area contributed by atoms with E-state index in [1.54, 1.807) is 7.11 Å². The summed E-state index contributed by atoms with van der Waals surface area (Å²) in [5, 5.41) is 6.70. The molecule has 0 unspecified atom stereocenters. The van der Waals surface area contributed by atoms with Gasteiger partial charge < -0.3 is 24.7 Å². The van der Waals surface area contributed by atoms with Crippen LogP contribution in [0.25, 0.3) is 11.0 Å². The van der Waals surface area contributed by atoms with Crippen LogP contribution in [0.3, 0.4) is 0 Å². The van der Waals surface area contributed by atoms with Crippen LogP contribution >= 0.6 is 0 Å². The Balaban J connectivity index is 1.69. The van der Waals surface area contributed by atoms with Crippen LogP contribution in [0.15, 0.2) is 29.3 Å². The largest absolute Gasteiger partial charge is 0.382 e. The van der Waals surface area contributed by atoms with Crippen molar-refractivity contribution >= 4 is 17.0 Å². The Morgan fingerprint density at radius 1 is 1.11 bits per heavy atom. The molecule has 0 aliphatic carbocycles. The van der Waals surface area contributed by atoms with Crippen molar-refractivity contribution in [2.45, 2.75) is 39.7 Å². The monoisotopic (exact) mass is 389 g/mol. The lowest BCUT2D eigenvalue weighted by atomic mass is 10.3. The summed E-state index contributed by atoms with van der Waals surface area (Å²) in [6.45, 7) is 9.70. The van der Waals surface area contributed by atoms with Gasteiger partial charge in [-0.3, -0.25) is 4.99 Å². The predicted molar refractivity (Wildman–Crippen MR) is 115 cm³/mol. The highest BCUT2D eigenvalue weighted by molar-refractivity contribution is 5.79. The molecule has 156 valence electrons. The average Bonchev–Trinajstić information content (AvgIpc) is 3.02. The number of para-hydroxylation sites is 2. The quantitative estimate of drug-likeness (QED) is 0.313. The molecule has 2 aromatic rings. The predicted octanol–water partition coefficient (Wildman–Crippen LogP) is 2.73. The summed E-state index contributed by atoms with van der Waals surface area (Å²) in [6, 6.07) is 8.29. The van der Waals surface area contributed by atoms with Crippen LogP contribution < -0.4 is 10.6 Å². The van der Waals surface area contributed by atoms with E-state index in [4.69, 9.17) is 14.5 Å². The van der Waals surface area contributed by atoms with Crippen molar-refractivity contribution in [2.24, 2.45) is 4.99 Å². The Morgan fingerprint density at radius 3 is 2.79 bits per heavy atom. The molecule has 0 spiro atoms. The first kappa shape index (κ1) is 22.2. The third kappa shape index (κ3) is 7.48. The average molecular weight is 390 g/mol. The summed E-state index contributed by atoms with van der Waals surface area (Å²) in [6.07, 6.45) is 3.06. The topological polar surface area (TPSA) is 72.7 Å². The number of nitrogens with one attached hydrogen (secondary N) is 2. The van der Waals surface area contributed by atoms with E-state index < -0.39 is 0 Å². The number of rotatable bonds is 13. The molecule has 0 bridgehead atoms. The van der Waals surface area contributed by atoms with Gasteiger partial charge in [-0.15, -0.1) is 0 Å². The second-order valence-electron chi connectivity index (χ2n) is 6.65. The number of imidazole rings is 1. The number of aliphatic imine (C=N–C) groups is 1. The smallest absolute Gasteiger partial charge is 0.191 e. The fraction of sp³-hybridized carbons (Fsp3) is 0.619. The maximum Gasteiger partial charge on any atom is 0.191 e. The van der Waals surface area contributed by atoms with E-state index in [0.717, 1.165) is 69.3 Å². The summed E-state index contributed by atoms with van der Waals surface area (Å²) in [5.74, 6) is 1.94. The fourth-order valence-corrected chi connectivity index (χ4v) is 3.02. The molecule has 7 nitrogen and oxygen atoms in total. The minimum atomic E-state index is 0.657. The molecule has 0 atom stereocenters. The van der Waals surface area contributed by atoms with Gasteiger partial charge in [-0.2, -0.15) is 0 Å². The summed E-state index contributed by atoms with van der Waals surface area (Å²) in [4.78, 5) is 9.32. The summed E-state index contributed by atoms with van der Waals surface area (Å²) < 4.78 is 12.7. The SMILES string of the molecule is CCNC(=NCCCn1c(C)nc2ccccc21)NCCCCOCCOC. The summed E-state index contributed by atoms with van der Waals surface area (Å²) in [7, 11) is 1.69. The van der Waals surface area contributed by atoms with Crippen LogP contribution in [0.4, 0.5) is 0 Å². The number of hydrogen-bond donors (Lipinski definition) is 2. The van der Waals surface area contributed by atoms with Crippen LogP contribution in [0.5, 0.6) is 0 Å². The van der Waals surface area contributed by atoms with Crippen LogP contribution in [0, 0.1) is 6.92 Å². The molecule has 0 saturated heterocycles. The maximum atomic E-state index is 5.48. The molecule has 1 heterocycles. The van der Waals surface area contributed by atoms with Crippen LogP contribution in [0.1, 0.15) is 32.0 Å². The van der Waals surface area contributed by atoms with Gasteiger partial charge in [0.2, 0.25) is 0 Å². The van der Waals surface area contributed by atoms with Gasteiger partial charge in [-0.05, 0) is 45.2 Å². The van der Waals surface area contributed by atoms with Crippen molar-refractivity contribution in [3.8, 4) is 0 Å². The standard InChI is InChI=1S/C21H35N5O2/c1-4-22-21(23-12-7-8-15-28-17-16-27-3)24-13-9-14-26-18(2)25-19-10-5-6-11-20(19)26/h5-6,10-11H,4,7-9,12-17H2,1-3H3,(H2,22,23,24). The third-order valence-electron chi connectivity index (χ3n) is 4.44. The van der Waals surface area contributed by atoms with Gasteiger partial charge >= 0.3 is 0 Å². The Kier molecular flexibility index (Phi) is 10.4. The number of hydrogen-bond acceptors (Lipinski definition) is 4. The molecule has 2 N–H and O–H groups in total. The molecule has 0 aliphatic rings. The van der Waals surface area contributed by atoms with E-state index >= 15 is 0 Å². The number of nitrogens with zero attached hydrogens (tertiary/aromatic N) is 3. The van der Waals surface area contributed by atoms with E-state index in [-0.39, 0.29) is 0 Å².